The highest BCUT2D eigenvalue weighted by molar-refractivity contribution is 5.79. The fourth-order valence-electron chi connectivity index (χ4n) is 3.53. The number of hydrogen-bond acceptors (Lipinski definition) is 6. The first-order valence-electron chi connectivity index (χ1n) is 8.90. The van der Waals surface area contributed by atoms with E-state index in [4.69, 9.17) is 14.2 Å². The summed E-state index contributed by atoms with van der Waals surface area (Å²) in [5.74, 6) is 1.82. The Morgan fingerprint density at radius 2 is 1.69 bits per heavy atom. The van der Waals surface area contributed by atoms with E-state index in [9.17, 15) is 0 Å². The highest BCUT2D eigenvalue weighted by Gasteiger charge is 2.19. The van der Waals surface area contributed by atoms with E-state index in [1.165, 1.54) is 18.4 Å². The molecule has 0 saturated carbocycles. The number of nitrogens with zero attached hydrogens (tertiary/aromatic N) is 2. The first-order chi connectivity index (χ1) is 12.7. The molecule has 0 spiro atoms. The number of anilines is 1. The van der Waals surface area contributed by atoms with Gasteiger partial charge in [0, 0.05) is 25.4 Å². The third-order valence-electron chi connectivity index (χ3n) is 4.82. The number of hydrogen-bond donors (Lipinski definition) is 1. The molecular weight excluding hydrogens is 330 g/mol. The van der Waals surface area contributed by atoms with Gasteiger partial charge in [-0.15, -0.1) is 0 Å². The van der Waals surface area contributed by atoms with E-state index in [2.05, 4.69) is 21.3 Å². The van der Waals surface area contributed by atoms with Gasteiger partial charge in [0.15, 0.2) is 11.5 Å². The molecule has 2 aromatic rings. The van der Waals surface area contributed by atoms with Crippen LogP contribution in [0.25, 0.3) is 11.3 Å². The minimum atomic E-state index is 0.581. The summed E-state index contributed by atoms with van der Waals surface area (Å²) in [7, 11) is 6.79. The Morgan fingerprint density at radius 1 is 1.04 bits per heavy atom. The van der Waals surface area contributed by atoms with Crippen molar-refractivity contribution in [1.82, 2.24) is 9.88 Å². The molecule has 0 bridgehead atoms. The fourth-order valence-corrected chi connectivity index (χ4v) is 3.53. The van der Waals surface area contributed by atoms with Crippen LogP contribution in [-0.4, -0.2) is 51.4 Å². The lowest BCUT2D eigenvalue weighted by Gasteiger charge is -2.20. The molecule has 0 atom stereocenters. The average Bonchev–Trinajstić information content (AvgIpc) is 3.19. The number of pyridine rings is 1. The molecule has 0 amide bonds. The normalized spacial score (nSPS) is 14.3. The Hall–Kier alpha value is -2.47. The van der Waals surface area contributed by atoms with Crippen molar-refractivity contribution >= 4 is 5.69 Å². The average molecular weight is 357 g/mol. The molecule has 26 heavy (non-hydrogen) atoms. The van der Waals surface area contributed by atoms with Gasteiger partial charge >= 0.3 is 0 Å². The SMILES string of the molecule is CNc1c(CN2CCCC2)ccnc1-c1cc(OC)c(OC)c(OC)c1. The molecule has 0 aliphatic carbocycles. The van der Waals surface area contributed by atoms with Crippen molar-refractivity contribution in [3.63, 3.8) is 0 Å². The number of ether oxygens (including phenoxy) is 3. The quantitative estimate of drug-likeness (QED) is 0.819. The molecule has 0 radical (unpaired) electrons. The van der Waals surface area contributed by atoms with Gasteiger partial charge in [0.25, 0.3) is 0 Å². The van der Waals surface area contributed by atoms with Crippen LogP contribution < -0.4 is 19.5 Å². The van der Waals surface area contributed by atoms with Crippen LogP contribution in [0.4, 0.5) is 5.69 Å². The largest absolute Gasteiger partial charge is 0.493 e. The summed E-state index contributed by atoms with van der Waals surface area (Å²) in [6.45, 7) is 3.24. The van der Waals surface area contributed by atoms with Crippen molar-refractivity contribution < 1.29 is 14.2 Å². The lowest BCUT2D eigenvalue weighted by molar-refractivity contribution is 0.324. The summed E-state index contributed by atoms with van der Waals surface area (Å²) in [4.78, 5) is 7.11. The molecule has 1 N–H and O–H groups in total. The van der Waals surface area contributed by atoms with E-state index < -0.39 is 0 Å². The van der Waals surface area contributed by atoms with E-state index in [0.29, 0.717) is 17.2 Å². The molecule has 2 heterocycles. The zero-order chi connectivity index (χ0) is 18.5. The third-order valence-corrected chi connectivity index (χ3v) is 4.82. The lowest BCUT2D eigenvalue weighted by atomic mass is 10.0. The molecule has 1 aliphatic heterocycles. The Kier molecular flexibility index (Phi) is 5.83. The number of aromatic nitrogens is 1. The molecular formula is C20H27N3O3. The Bertz CT molecular complexity index is 733. The number of rotatable bonds is 7. The van der Waals surface area contributed by atoms with E-state index in [-0.39, 0.29) is 0 Å². The Balaban J connectivity index is 2.05. The van der Waals surface area contributed by atoms with Gasteiger partial charge in [-0.05, 0) is 49.7 Å². The third kappa shape index (κ3) is 3.55. The van der Waals surface area contributed by atoms with E-state index in [1.807, 2.05) is 25.4 Å². The van der Waals surface area contributed by atoms with Gasteiger partial charge in [-0.25, -0.2) is 0 Å². The zero-order valence-corrected chi connectivity index (χ0v) is 16.0. The zero-order valence-electron chi connectivity index (χ0n) is 16.0. The molecule has 1 fully saturated rings. The fraction of sp³-hybridized carbons (Fsp3) is 0.450. The van der Waals surface area contributed by atoms with E-state index >= 15 is 0 Å². The second-order valence-electron chi connectivity index (χ2n) is 6.34. The molecule has 0 unspecified atom stereocenters. The molecule has 1 aliphatic rings. The van der Waals surface area contributed by atoms with Gasteiger partial charge in [0.2, 0.25) is 5.75 Å². The first kappa shape index (κ1) is 18.3. The van der Waals surface area contributed by atoms with Crippen molar-refractivity contribution in [3.8, 4) is 28.5 Å². The highest BCUT2D eigenvalue weighted by Crippen LogP contribution is 2.42. The summed E-state index contributed by atoms with van der Waals surface area (Å²) in [6.07, 6.45) is 4.42. The van der Waals surface area contributed by atoms with E-state index in [1.54, 1.807) is 21.3 Å². The highest BCUT2D eigenvalue weighted by atomic mass is 16.5. The summed E-state index contributed by atoms with van der Waals surface area (Å²) in [5.41, 5.74) is 4.08. The lowest BCUT2D eigenvalue weighted by Crippen LogP contribution is -2.19. The minimum absolute atomic E-state index is 0.581. The maximum absolute atomic E-state index is 5.49. The van der Waals surface area contributed by atoms with Crippen LogP contribution in [0.1, 0.15) is 18.4 Å². The molecule has 1 aromatic carbocycles. The van der Waals surface area contributed by atoms with Crippen LogP contribution in [0.3, 0.4) is 0 Å². The van der Waals surface area contributed by atoms with Crippen LogP contribution in [0.2, 0.25) is 0 Å². The smallest absolute Gasteiger partial charge is 0.203 e. The predicted molar refractivity (Wildman–Crippen MR) is 103 cm³/mol. The van der Waals surface area contributed by atoms with Crippen LogP contribution >= 0.6 is 0 Å². The van der Waals surface area contributed by atoms with Crippen molar-refractivity contribution in [1.29, 1.82) is 0 Å². The van der Waals surface area contributed by atoms with Gasteiger partial charge in [0.1, 0.15) is 0 Å². The monoisotopic (exact) mass is 357 g/mol. The van der Waals surface area contributed by atoms with Crippen molar-refractivity contribution in [2.75, 3.05) is 46.8 Å². The Morgan fingerprint density at radius 3 is 2.23 bits per heavy atom. The summed E-state index contributed by atoms with van der Waals surface area (Å²) in [5, 5.41) is 3.34. The number of methoxy groups -OCH3 is 3. The van der Waals surface area contributed by atoms with Crippen LogP contribution in [0.15, 0.2) is 24.4 Å². The molecule has 6 heteroatoms. The van der Waals surface area contributed by atoms with Gasteiger partial charge in [-0.3, -0.25) is 9.88 Å². The topological polar surface area (TPSA) is 55.9 Å². The molecule has 1 saturated heterocycles. The van der Waals surface area contributed by atoms with Gasteiger partial charge in [-0.1, -0.05) is 0 Å². The maximum Gasteiger partial charge on any atom is 0.203 e. The second-order valence-corrected chi connectivity index (χ2v) is 6.34. The van der Waals surface area contributed by atoms with Crippen molar-refractivity contribution in [2.24, 2.45) is 0 Å². The number of likely N-dealkylation sites (tertiary alicyclic amines) is 1. The summed E-state index contributed by atoms with van der Waals surface area (Å²) < 4.78 is 16.4. The number of benzene rings is 1. The predicted octanol–water partition coefficient (Wildman–Crippen LogP) is 3.41. The molecule has 3 rings (SSSR count). The molecule has 1 aromatic heterocycles. The maximum atomic E-state index is 5.49. The van der Waals surface area contributed by atoms with Gasteiger partial charge < -0.3 is 19.5 Å². The minimum Gasteiger partial charge on any atom is -0.493 e. The molecule has 140 valence electrons. The Labute approximate surface area is 155 Å². The van der Waals surface area contributed by atoms with Crippen molar-refractivity contribution in [3.05, 3.63) is 30.0 Å². The van der Waals surface area contributed by atoms with Crippen molar-refractivity contribution in [2.45, 2.75) is 19.4 Å². The van der Waals surface area contributed by atoms with Crippen LogP contribution in [-0.2, 0) is 6.54 Å². The summed E-state index contributed by atoms with van der Waals surface area (Å²) >= 11 is 0. The number of nitrogens with one attached hydrogen (secondary N) is 1. The standard InChI is InChI=1S/C20H27N3O3/c1-21-18-14(13-23-9-5-6-10-23)7-8-22-19(18)15-11-16(24-2)20(26-4)17(12-15)25-3/h7-8,11-12,21H,5-6,9-10,13H2,1-4H3. The summed E-state index contributed by atoms with van der Waals surface area (Å²) in [6, 6.07) is 5.96. The van der Waals surface area contributed by atoms with Crippen LogP contribution in [0, 0.1) is 0 Å². The molecule has 6 nitrogen and oxygen atoms in total. The van der Waals surface area contributed by atoms with E-state index in [0.717, 1.165) is 36.6 Å². The van der Waals surface area contributed by atoms with Crippen LogP contribution in [0.5, 0.6) is 17.2 Å². The van der Waals surface area contributed by atoms with Gasteiger partial charge in [0.05, 0.1) is 32.7 Å². The van der Waals surface area contributed by atoms with Gasteiger partial charge in [-0.2, -0.15) is 0 Å². The first-order valence-corrected chi connectivity index (χ1v) is 8.90. The second kappa shape index (κ2) is 8.27.